The summed E-state index contributed by atoms with van der Waals surface area (Å²) in [5, 5.41) is 0. The molecule has 1 rings (SSSR count). The minimum absolute atomic E-state index is 0.190. The number of hydrogen-bond donors (Lipinski definition) is 1. The van der Waals surface area contributed by atoms with E-state index in [1.165, 1.54) is 14.0 Å². The van der Waals surface area contributed by atoms with E-state index in [4.69, 9.17) is 4.74 Å². The van der Waals surface area contributed by atoms with Crippen LogP contribution in [-0.2, 0) is 29.3 Å². The van der Waals surface area contributed by atoms with E-state index in [0.717, 1.165) is 4.31 Å². The van der Waals surface area contributed by atoms with E-state index >= 15 is 0 Å². The summed E-state index contributed by atoms with van der Waals surface area (Å²) in [6, 6.07) is -1.86. The van der Waals surface area contributed by atoms with Crippen LogP contribution in [-0.4, -0.2) is 57.0 Å². The maximum absolute atomic E-state index is 12.2. The lowest BCUT2D eigenvalue weighted by Gasteiger charge is -2.24. The van der Waals surface area contributed by atoms with Crippen molar-refractivity contribution in [3.05, 3.63) is 0 Å². The zero-order valence-electron chi connectivity index (χ0n) is 11.8. The predicted molar refractivity (Wildman–Crippen MR) is 69.9 cm³/mol. The van der Waals surface area contributed by atoms with Crippen molar-refractivity contribution in [2.75, 3.05) is 20.3 Å². The van der Waals surface area contributed by atoms with Crippen LogP contribution in [0.4, 0.5) is 0 Å². The minimum Gasteiger partial charge on any atom is -0.468 e. The first-order chi connectivity index (χ1) is 9.33. The summed E-state index contributed by atoms with van der Waals surface area (Å²) in [5.74, 6) is -1.26. The maximum Gasteiger partial charge on any atom is 0.324 e. The summed E-state index contributed by atoms with van der Waals surface area (Å²) in [5.41, 5.74) is 0. The van der Waals surface area contributed by atoms with Gasteiger partial charge in [0.05, 0.1) is 13.7 Å². The normalized spacial score (nSPS) is 21.4. The number of ether oxygens (including phenoxy) is 2. The molecule has 2 unspecified atom stereocenters. The van der Waals surface area contributed by atoms with Crippen LogP contribution in [0.3, 0.4) is 0 Å². The highest BCUT2D eigenvalue weighted by molar-refractivity contribution is 7.87. The number of nitrogens with one attached hydrogen (secondary N) is 1. The summed E-state index contributed by atoms with van der Waals surface area (Å²) in [7, 11) is -2.77. The number of hydrogen-bond acceptors (Lipinski definition) is 6. The number of carbonyl (C=O) groups is 2. The van der Waals surface area contributed by atoms with Gasteiger partial charge in [-0.05, 0) is 26.7 Å². The summed E-state index contributed by atoms with van der Waals surface area (Å²) < 4.78 is 36.9. The van der Waals surface area contributed by atoms with E-state index in [9.17, 15) is 18.0 Å². The lowest BCUT2D eigenvalue weighted by molar-refractivity contribution is -0.146. The average Bonchev–Trinajstić information content (AvgIpc) is 2.87. The molecular formula is C11H20N2O6S. The van der Waals surface area contributed by atoms with E-state index < -0.39 is 34.2 Å². The molecule has 0 saturated carbocycles. The first-order valence-corrected chi connectivity index (χ1v) is 7.81. The van der Waals surface area contributed by atoms with Gasteiger partial charge in [0.15, 0.2) is 0 Å². The summed E-state index contributed by atoms with van der Waals surface area (Å²) in [4.78, 5) is 23.0. The minimum atomic E-state index is -3.95. The Bertz CT molecular complexity index is 464. The fourth-order valence-corrected chi connectivity index (χ4v) is 3.59. The van der Waals surface area contributed by atoms with Gasteiger partial charge in [-0.25, -0.2) is 0 Å². The fraction of sp³-hybridized carbons (Fsp3) is 0.818. The molecule has 1 aliphatic rings. The van der Waals surface area contributed by atoms with E-state index in [0.29, 0.717) is 12.8 Å². The first kappa shape index (κ1) is 16.9. The van der Waals surface area contributed by atoms with Crippen molar-refractivity contribution in [1.29, 1.82) is 0 Å². The van der Waals surface area contributed by atoms with Gasteiger partial charge in [0, 0.05) is 6.54 Å². The number of esters is 2. The van der Waals surface area contributed by atoms with Crippen LogP contribution in [0, 0.1) is 0 Å². The Hall–Kier alpha value is -1.19. The molecule has 9 heteroatoms. The van der Waals surface area contributed by atoms with Gasteiger partial charge in [-0.3, -0.25) is 9.59 Å². The SMILES string of the molecule is CCOC(=O)C1CCCN1S(=O)(=O)NC(C)C(=O)OC. The van der Waals surface area contributed by atoms with E-state index in [1.807, 2.05) is 0 Å². The third kappa shape index (κ3) is 3.90. The first-order valence-electron chi connectivity index (χ1n) is 6.37. The van der Waals surface area contributed by atoms with Crippen molar-refractivity contribution in [2.45, 2.75) is 38.8 Å². The van der Waals surface area contributed by atoms with Gasteiger partial charge >= 0.3 is 11.9 Å². The van der Waals surface area contributed by atoms with Crippen LogP contribution in [0.5, 0.6) is 0 Å². The molecule has 0 radical (unpaired) electrons. The third-order valence-electron chi connectivity index (χ3n) is 2.95. The van der Waals surface area contributed by atoms with Crippen molar-refractivity contribution in [3.8, 4) is 0 Å². The highest BCUT2D eigenvalue weighted by Crippen LogP contribution is 2.21. The van der Waals surface area contributed by atoms with Crippen LogP contribution >= 0.6 is 0 Å². The van der Waals surface area contributed by atoms with E-state index in [2.05, 4.69) is 9.46 Å². The molecule has 0 spiro atoms. The van der Waals surface area contributed by atoms with Crippen molar-refractivity contribution in [3.63, 3.8) is 0 Å². The van der Waals surface area contributed by atoms with Crippen molar-refractivity contribution < 1.29 is 27.5 Å². The number of carbonyl (C=O) groups excluding carboxylic acids is 2. The Kier molecular flexibility index (Phi) is 5.90. The number of methoxy groups -OCH3 is 1. The Morgan fingerprint density at radius 1 is 1.45 bits per heavy atom. The molecule has 1 fully saturated rings. The average molecular weight is 308 g/mol. The molecule has 2 atom stereocenters. The lowest BCUT2D eigenvalue weighted by atomic mass is 10.2. The molecule has 0 aromatic heterocycles. The summed E-state index contributed by atoms with van der Waals surface area (Å²) in [6.07, 6.45) is 0.976. The van der Waals surface area contributed by atoms with Crippen molar-refractivity contribution in [2.24, 2.45) is 0 Å². The maximum atomic E-state index is 12.2. The lowest BCUT2D eigenvalue weighted by Crippen LogP contribution is -2.51. The van der Waals surface area contributed by atoms with Crippen LogP contribution in [0.1, 0.15) is 26.7 Å². The predicted octanol–water partition coefficient (Wildman–Crippen LogP) is -0.590. The van der Waals surface area contributed by atoms with Gasteiger partial charge in [0.25, 0.3) is 10.2 Å². The standard InChI is InChI=1S/C11H20N2O6S/c1-4-19-11(15)9-6-5-7-13(9)20(16,17)12-8(2)10(14)18-3/h8-9,12H,4-7H2,1-3H3. The van der Waals surface area contributed by atoms with E-state index in [1.54, 1.807) is 6.92 Å². The van der Waals surface area contributed by atoms with Gasteiger partial charge in [-0.1, -0.05) is 0 Å². The quantitative estimate of drug-likeness (QED) is 0.658. The Labute approximate surface area is 118 Å². The van der Waals surface area contributed by atoms with Gasteiger partial charge < -0.3 is 9.47 Å². The Balaban J connectivity index is 2.80. The summed E-state index contributed by atoms with van der Waals surface area (Å²) >= 11 is 0. The number of rotatable bonds is 6. The molecule has 0 bridgehead atoms. The molecule has 8 nitrogen and oxygen atoms in total. The molecule has 1 heterocycles. The third-order valence-corrected chi connectivity index (χ3v) is 4.66. The molecule has 1 aliphatic heterocycles. The van der Waals surface area contributed by atoms with Crippen molar-refractivity contribution >= 4 is 22.1 Å². The van der Waals surface area contributed by atoms with Crippen LogP contribution < -0.4 is 4.72 Å². The monoisotopic (exact) mass is 308 g/mol. The molecule has 0 aromatic carbocycles. The summed E-state index contributed by atoms with van der Waals surface area (Å²) in [6.45, 7) is 3.43. The van der Waals surface area contributed by atoms with Gasteiger partial charge in [0.2, 0.25) is 0 Å². The van der Waals surface area contributed by atoms with Gasteiger partial charge in [-0.2, -0.15) is 17.4 Å². The second kappa shape index (κ2) is 7.00. The molecule has 1 N–H and O–H groups in total. The molecule has 1 saturated heterocycles. The number of nitrogens with zero attached hydrogens (tertiary/aromatic N) is 1. The van der Waals surface area contributed by atoms with Crippen LogP contribution in [0.2, 0.25) is 0 Å². The largest absolute Gasteiger partial charge is 0.468 e. The van der Waals surface area contributed by atoms with Gasteiger partial charge in [-0.15, -0.1) is 0 Å². The van der Waals surface area contributed by atoms with E-state index in [-0.39, 0.29) is 13.2 Å². The van der Waals surface area contributed by atoms with Crippen LogP contribution in [0.15, 0.2) is 0 Å². The molecule has 0 aromatic rings. The second-order valence-electron chi connectivity index (χ2n) is 4.39. The highest BCUT2D eigenvalue weighted by Gasteiger charge is 2.40. The van der Waals surface area contributed by atoms with Crippen LogP contribution in [0.25, 0.3) is 0 Å². The fourth-order valence-electron chi connectivity index (χ4n) is 2.02. The second-order valence-corrected chi connectivity index (χ2v) is 6.04. The highest BCUT2D eigenvalue weighted by atomic mass is 32.2. The van der Waals surface area contributed by atoms with Gasteiger partial charge in [0.1, 0.15) is 12.1 Å². The molecular weight excluding hydrogens is 288 g/mol. The zero-order valence-corrected chi connectivity index (χ0v) is 12.6. The molecule has 0 amide bonds. The molecule has 20 heavy (non-hydrogen) atoms. The molecule has 0 aliphatic carbocycles. The van der Waals surface area contributed by atoms with Crippen molar-refractivity contribution in [1.82, 2.24) is 9.03 Å². The Morgan fingerprint density at radius 3 is 2.65 bits per heavy atom. The zero-order chi connectivity index (χ0) is 15.3. The Morgan fingerprint density at radius 2 is 2.10 bits per heavy atom. The topological polar surface area (TPSA) is 102 Å². The molecule has 116 valence electrons. The smallest absolute Gasteiger partial charge is 0.324 e.